The van der Waals surface area contributed by atoms with E-state index in [1.165, 1.54) is 77.7 Å². The van der Waals surface area contributed by atoms with E-state index < -0.39 is 0 Å². The molecule has 0 N–H and O–H groups in total. The van der Waals surface area contributed by atoms with Crippen LogP contribution in [0.1, 0.15) is 104 Å². The summed E-state index contributed by atoms with van der Waals surface area (Å²) < 4.78 is 4.84. The van der Waals surface area contributed by atoms with Crippen LogP contribution in [0.2, 0.25) is 0 Å². The third-order valence-electron chi connectivity index (χ3n) is 4.55. The summed E-state index contributed by atoms with van der Waals surface area (Å²) in [4.78, 5) is 11.6. The monoisotopic (exact) mass is 324 g/mol. The minimum absolute atomic E-state index is 0.0878. The molecule has 0 aromatic rings. The average Bonchev–Trinajstić information content (AvgIpc) is 2.54. The maximum atomic E-state index is 11.6. The smallest absolute Gasteiger partial charge is 0.311 e. The molecule has 0 amide bonds. The topological polar surface area (TPSA) is 26.3 Å². The number of allylic oxidation sites excluding steroid dienone is 2. The van der Waals surface area contributed by atoms with Gasteiger partial charge in [-0.15, -0.1) is 0 Å². The molecule has 0 aliphatic heterocycles. The largest absolute Gasteiger partial charge is 0.469 e. The van der Waals surface area contributed by atoms with Crippen molar-refractivity contribution in [3.63, 3.8) is 0 Å². The van der Waals surface area contributed by atoms with E-state index in [2.05, 4.69) is 19.1 Å². The quantitative estimate of drug-likeness (QED) is 0.187. The highest BCUT2D eigenvalue weighted by Crippen LogP contribution is 2.25. The first-order valence-electron chi connectivity index (χ1n) is 9.78. The summed E-state index contributed by atoms with van der Waals surface area (Å²) in [5.74, 6) is -0.0878. The average molecular weight is 325 g/mol. The predicted octanol–water partition coefficient (Wildman–Crippen LogP) is 6.83. The highest BCUT2D eigenvalue weighted by molar-refractivity contribution is 5.75. The van der Waals surface area contributed by atoms with Gasteiger partial charge in [-0.05, 0) is 46.0 Å². The third-order valence-corrected chi connectivity index (χ3v) is 4.55. The molecule has 0 aliphatic carbocycles. The number of carbonyl (C=O) groups excluding carboxylic acids is 1. The molecule has 0 heterocycles. The van der Waals surface area contributed by atoms with Crippen LogP contribution in [0.15, 0.2) is 12.2 Å². The van der Waals surface area contributed by atoms with E-state index in [9.17, 15) is 4.79 Å². The van der Waals surface area contributed by atoms with Crippen molar-refractivity contribution < 1.29 is 9.53 Å². The molecule has 2 heteroatoms. The van der Waals surface area contributed by atoms with Crippen LogP contribution in [0.25, 0.3) is 0 Å². The Morgan fingerprint density at radius 1 is 0.826 bits per heavy atom. The lowest BCUT2D eigenvalue weighted by molar-refractivity contribution is -0.151. The molecule has 0 aliphatic rings. The fourth-order valence-corrected chi connectivity index (χ4v) is 2.84. The van der Waals surface area contributed by atoms with Crippen molar-refractivity contribution in [3.05, 3.63) is 12.2 Å². The van der Waals surface area contributed by atoms with E-state index >= 15 is 0 Å². The minimum atomic E-state index is -0.328. The van der Waals surface area contributed by atoms with Gasteiger partial charge in [-0.2, -0.15) is 0 Å². The van der Waals surface area contributed by atoms with Crippen LogP contribution in [-0.4, -0.2) is 13.1 Å². The second-order valence-electron chi connectivity index (χ2n) is 7.36. The van der Waals surface area contributed by atoms with E-state index in [1.54, 1.807) is 0 Å². The summed E-state index contributed by atoms with van der Waals surface area (Å²) in [5, 5.41) is 0. The maximum Gasteiger partial charge on any atom is 0.311 e. The van der Waals surface area contributed by atoms with E-state index in [4.69, 9.17) is 4.74 Å². The van der Waals surface area contributed by atoms with Gasteiger partial charge in [0.05, 0.1) is 12.5 Å². The molecule has 136 valence electrons. The Balaban J connectivity index is 3.36. The minimum Gasteiger partial charge on any atom is -0.469 e. The Morgan fingerprint density at radius 2 is 1.30 bits per heavy atom. The van der Waals surface area contributed by atoms with Gasteiger partial charge >= 0.3 is 5.97 Å². The first-order chi connectivity index (χ1) is 11.0. The lowest BCUT2D eigenvalue weighted by Crippen LogP contribution is -2.25. The lowest BCUT2D eigenvalue weighted by Gasteiger charge is -2.20. The molecule has 0 bridgehead atoms. The molecular formula is C21H40O2. The molecule has 0 unspecified atom stereocenters. The summed E-state index contributed by atoms with van der Waals surface area (Å²) in [7, 11) is 1.47. The second-order valence-corrected chi connectivity index (χ2v) is 7.36. The number of rotatable bonds is 15. The van der Waals surface area contributed by atoms with Crippen molar-refractivity contribution in [2.45, 2.75) is 104 Å². The predicted molar refractivity (Wildman–Crippen MR) is 101 cm³/mol. The highest BCUT2D eigenvalue weighted by Gasteiger charge is 2.27. The number of methoxy groups -OCH3 is 1. The van der Waals surface area contributed by atoms with Gasteiger partial charge in [0.25, 0.3) is 0 Å². The van der Waals surface area contributed by atoms with Gasteiger partial charge in [-0.3, -0.25) is 4.79 Å². The number of ether oxygens (including phenoxy) is 1. The Kier molecular flexibility index (Phi) is 14.3. The Morgan fingerprint density at radius 3 is 1.83 bits per heavy atom. The molecule has 0 aromatic heterocycles. The zero-order valence-electron chi connectivity index (χ0n) is 16.2. The third kappa shape index (κ3) is 13.4. The fraction of sp³-hybridized carbons (Fsp3) is 0.857. The standard InChI is InChI=1S/C21H40O2/c1-5-6-7-8-9-10-11-12-13-14-15-16-17-18-19-21(2,3)20(22)23-4/h12-13H,5-11,14-19H2,1-4H3. The van der Waals surface area contributed by atoms with E-state index in [0.29, 0.717) is 0 Å². The molecule has 0 saturated carbocycles. The van der Waals surface area contributed by atoms with Crippen LogP contribution in [0.5, 0.6) is 0 Å². The summed E-state index contributed by atoms with van der Waals surface area (Å²) >= 11 is 0. The summed E-state index contributed by atoms with van der Waals surface area (Å²) in [6, 6.07) is 0. The summed E-state index contributed by atoms with van der Waals surface area (Å²) in [6.07, 6.45) is 21.2. The Hall–Kier alpha value is -0.790. The van der Waals surface area contributed by atoms with Gasteiger partial charge in [-0.1, -0.05) is 70.4 Å². The van der Waals surface area contributed by atoms with Crippen LogP contribution < -0.4 is 0 Å². The Labute approximate surface area is 145 Å². The van der Waals surface area contributed by atoms with Gasteiger partial charge < -0.3 is 4.74 Å². The zero-order chi connectivity index (χ0) is 17.4. The van der Waals surface area contributed by atoms with Gasteiger partial charge in [0, 0.05) is 0 Å². The van der Waals surface area contributed by atoms with E-state index in [0.717, 1.165) is 12.8 Å². The van der Waals surface area contributed by atoms with Gasteiger partial charge in [0.15, 0.2) is 0 Å². The number of carbonyl (C=O) groups is 1. The maximum absolute atomic E-state index is 11.6. The summed E-state index contributed by atoms with van der Waals surface area (Å²) in [6.45, 7) is 6.22. The zero-order valence-corrected chi connectivity index (χ0v) is 16.2. The first kappa shape index (κ1) is 22.2. The van der Waals surface area contributed by atoms with E-state index in [-0.39, 0.29) is 11.4 Å². The van der Waals surface area contributed by atoms with Crippen molar-refractivity contribution in [3.8, 4) is 0 Å². The highest BCUT2D eigenvalue weighted by atomic mass is 16.5. The number of unbranched alkanes of at least 4 members (excludes halogenated alkanes) is 10. The van der Waals surface area contributed by atoms with Gasteiger partial charge in [0.1, 0.15) is 0 Å². The Bertz CT molecular complexity index is 305. The van der Waals surface area contributed by atoms with Crippen LogP contribution >= 0.6 is 0 Å². The molecule has 0 radical (unpaired) electrons. The van der Waals surface area contributed by atoms with Crippen LogP contribution in [0, 0.1) is 5.41 Å². The molecular weight excluding hydrogens is 284 g/mol. The number of esters is 1. The molecule has 0 atom stereocenters. The second kappa shape index (κ2) is 14.8. The van der Waals surface area contributed by atoms with Gasteiger partial charge in [-0.25, -0.2) is 0 Å². The molecule has 0 spiro atoms. The van der Waals surface area contributed by atoms with Crippen molar-refractivity contribution in [2.24, 2.45) is 5.41 Å². The summed E-state index contributed by atoms with van der Waals surface area (Å²) in [5.41, 5.74) is -0.328. The molecule has 0 rings (SSSR count). The first-order valence-corrected chi connectivity index (χ1v) is 9.78. The van der Waals surface area contributed by atoms with Crippen LogP contribution in [0.4, 0.5) is 0 Å². The SMILES string of the molecule is CCCCCCCCC=CCCCCCCC(C)(C)C(=O)OC. The lowest BCUT2D eigenvalue weighted by atomic mass is 9.87. The van der Waals surface area contributed by atoms with Gasteiger partial charge in [0.2, 0.25) is 0 Å². The fourth-order valence-electron chi connectivity index (χ4n) is 2.84. The van der Waals surface area contributed by atoms with Crippen molar-refractivity contribution in [1.29, 1.82) is 0 Å². The van der Waals surface area contributed by atoms with Crippen molar-refractivity contribution >= 4 is 5.97 Å². The number of hydrogen-bond donors (Lipinski definition) is 0. The molecule has 0 aromatic carbocycles. The molecule has 0 saturated heterocycles. The molecule has 23 heavy (non-hydrogen) atoms. The normalized spacial score (nSPS) is 12.0. The molecule has 2 nitrogen and oxygen atoms in total. The van der Waals surface area contributed by atoms with Crippen molar-refractivity contribution in [1.82, 2.24) is 0 Å². The van der Waals surface area contributed by atoms with E-state index in [1.807, 2.05) is 13.8 Å². The molecule has 0 fully saturated rings. The van der Waals surface area contributed by atoms with Crippen LogP contribution in [-0.2, 0) is 9.53 Å². The van der Waals surface area contributed by atoms with Crippen molar-refractivity contribution in [2.75, 3.05) is 7.11 Å². The number of hydrogen-bond acceptors (Lipinski definition) is 2. The van der Waals surface area contributed by atoms with Crippen LogP contribution in [0.3, 0.4) is 0 Å².